The predicted octanol–water partition coefficient (Wildman–Crippen LogP) is -0.945. The van der Waals surface area contributed by atoms with Gasteiger partial charge in [0.1, 0.15) is 19.6 Å². The second-order valence-corrected chi connectivity index (χ2v) is 3.68. The van der Waals surface area contributed by atoms with Crippen LogP contribution >= 0.6 is 0 Å². The molecule has 4 N–H and O–H groups in total. The van der Waals surface area contributed by atoms with E-state index in [1.54, 1.807) is 6.92 Å². The minimum Gasteiger partial charge on any atom is -0.397 e. The van der Waals surface area contributed by atoms with Gasteiger partial charge in [0.25, 0.3) is 0 Å². The molecule has 0 bridgehead atoms. The largest absolute Gasteiger partial charge is 0.397 e. The van der Waals surface area contributed by atoms with Gasteiger partial charge in [-0.25, -0.2) is 0 Å². The number of nitrogens with one attached hydrogen (secondary N) is 1. The lowest BCUT2D eigenvalue weighted by Gasteiger charge is -2.17. The van der Waals surface area contributed by atoms with Crippen molar-refractivity contribution in [1.82, 2.24) is 0 Å². The van der Waals surface area contributed by atoms with E-state index in [0.717, 1.165) is 6.54 Å². The van der Waals surface area contributed by atoms with Crippen LogP contribution in [0.2, 0.25) is 0 Å². The predicted molar refractivity (Wildman–Crippen MR) is 67.8 cm³/mol. The average Bonchev–Trinajstić information content (AvgIpc) is 2.32. The van der Waals surface area contributed by atoms with E-state index >= 15 is 0 Å². The standard InChI is InChI=1S/C11H17NO2.C2H6O/c13-8-6-12(7-9-14)10-11-4-2-1-3-5-11;1-2-3/h1-5,13-14H,6-10H2;3H,2H2,1H3/p+1. The van der Waals surface area contributed by atoms with Crippen LogP contribution in [0.15, 0.2) is 30.3 Å². The highest BCUT2D eigenvalue weighted by Gasteiger charge is 2.07. The summed E-state index contributed by atoms with van der Waals surface area (Å²) in [7, 11) is 0. The summed E-state index contributed by atoms with van der Waals surface area (Å²) < 4.78 is 0. The summed E-state index contributed by atoms with van der Waals surface area (Å²) in [4.78, 5) is 1.21. The average molecular weight is 242 g/mol. The van der Waals surface area contributed by atoms with Gasteiger partial charge in [-0.3, -0.25) is 0 Å². The molecule has 98 valence electrons. The van der Waals surface area contributed by atoms with Crippen molar-refractivity contribution < 1.29 is 20.2 Å². The Kier molecular flexibility index (Phi) is 10.9. The third-order valence-corrected chi connectivity index (χ3v) is 2.23. The first-order valence-electron chi connectivity index (χ1n) is 5.98. The van der Waals surface area contributed by atoms with E-state index in [9.17, 15) is 0 Å². The Balaban J connectivity index is 0.000000770. The maximum atomic E-state index is 8.84. The van der Waals surface area contributed by atoms with E-state index < -0.39 is 0 Å². The molecule has 1 aromatic rings. The van der Waals surface area contributed by atoms with Gasteiger partial charge in [0.15, 0.2) is 0 Å². The minimum atomic E-state index is 0.169. The highest BCUT2D eigenvalue weighted by molar-refractivity contribution is 5.13. The maximum Gasteiger partial charge on any atom is 0.103 e. The number of quaternary nitrogens is 1. The summed E-state index contributed by atoms with van der Waals surface area (Å²) in [5, 5.41) is 25.2. The van der Waals surface area contributed by atoms with Gasteiger partial charge in [-0.1, -0.05) is 30.3 Å². The zero-order chi connectivity index (χ0) is 12.9. The topological polar surface area (TPSA) is 65.1 Å². The Labute approximate surface area is 103 Å². The van der Waals surface area contributed by atoms with Gasteiger partial charge in [0.2, 0.25) is 0 Å². The molecule has 0 amide bonds. The number of aliphatic hydroxyl groups excluding tert-OH is 3. The van der Waals surface area contributed by atoms with Crippen LogP contribution < -0.4 is 4.90 Å². The molecule has 0 spiro atoms. The molecular weight excluding hydrogens is 218 g/mol. The molecule has 0 saturated carbocycles. The molecule has 0 saturated heterocycles. The summed E-state index contributed by atoms with van der Waals surface area (Å²) >= 11 is 0. The van der Waals surface area contributed by atoms with E-state index in [0.29, 0.717) is 13.1 Å². The van der Waals surface area contributed by atoms with Crippen molar-refractivity contribution in [1.29, 1.82) is 0 Å². The Hall–Kier alpha value is -0.940. The van der Waals surface area contributed by atoms with E-state index in [1.165, 1.54) is 10.5 Å². The van der Waals surface area contributed by atoms with E-state index in [4.69, 9.17) is 15.3 Å². The zero-order valence-electron chi connectivity index (χ0n) is 10.5. The van der Waals surface area contributed by atoms with Gasteiger partial charge < -0.3 is 20.2 Å². The molecule has 0 unspecified atom stereocenters. The normalized spacial score (nSPS) is 9.94. The van der Waals surface area contributed by atoms with E-state index in [-0.39, 0.29) is 19.8 Å². The summed E-state index contributed by atoms with van der Waals surface area (Å²) in [5.41, 5.74) is 1.24. The van der Waals surface area contributed by atoms with Crippen LogP contribution in [0.25, 0.3) is 0 Å². The summed E-state index contributed by atoms with van der Waals surface area (Å²) in [6.07, 6.45) is 0. The smallest absolute Gasteiger partial charge is 0.103 e. The van der Waals surface area contributed by atoms with E-state index in [1.807, 2.05) is 18.2 Å². The van der Waals surface area contributed by atoms with Gasteiger partial charge in [0, 0.05) is 12.2 Å². The molecule has 4 heteroatoms. The third-order valence-electron chi connectivity index (χ3n) is 2.23. The van der Waals surface area contributed by atoms with Crippen molar-refractivity contribution in [3.05, 3.63) is 35.9 Å². The summed E-state index contributed by atoms with van der Waals surface area (Å²) in [5.74, 6) is 0. The highest BCUT2D eigenvalue weighted by atomic mass is 16.3. The molecule has 4 nitrogen and oxygen atoms in total. The lowest BCUT2D eigenvalue weighted by Crippen LogP contribution is -3.11. The van der Waals surface area contributed by atoms with Crippen molar-refractivity contribution in [3.8, 4) is 0 Å². The van der Waals surface area contributed by atoms with Crippen LogP contribution in [-0.4, -0.2) is 48.2 Å². The molecule has 0 heterocycles. The van der Waals surface area contributed by atoms with Crippen molar-refractivity contribution in [2.45, 2.75) is 13.5 Å². The van der Waals surface area contributed by atoms with Crippen LogP contribution in [0.5, 0.6) is 0 Å². The van der Waals surface area contributed by atoms with Crippen molar-refractivity contribution in [2.75, 3.05) is 32.9 Å². The SMILES string of the molecule is CCO.OCC[NH+](CCO)Cc1ccccc1. The molecular formula is C13H24NO3+. The number of rotatable bonds is 6. The number of hydrogen-bond donors (Lipinski definition) is 4. The zero-order valence-corrected chi connectivity index (χ0v) is 10.5. The second kappa shape index (κ2) is 11.5. The quantitative estimate of drug-likeness (QED) is 0.520. The van der Waals surface area contributed by atoms with Gasteiger partial charge in [-0.15, -0.1) is 0 Å². The molecule has 0 fully saturated rings. The second-order valence-electron chi connectivity index (χ2n) is 3.68. The highest BCUT2D eigenvalue weighted by Crippen LogP contribution is 1.94. The van der Waals surface area contributed by atoms with Crippen molar-refractivity contribution >= 4 is 0 Å². The fourth-order valence-corrected chi connectivity index (χ4v) is 1.50. The molecule has 0 aliphatic rings. The summed E-state index contributed by atoms with van der Waals surface area (Å²) in [6, 6.07) is 10.1. The van der Waals surface area contributed by atoms with Gasteiger partial charge >= 0.3 is 0 Å². The van der Waals surface area contributed by atoms with Crippen molar-refractivity contribution in [2.24, 2.45) is 0 Å². The fourth-order valence-electron chi connectivity index (χ4n) is 1.50. The van der Waals surface area contributed by atoms with Crippen LogP contribution in [0.3, 0.4) is 0 Å². The monoisotopic (exact) mass is 242 g/mol. The number of aliphatic hydroxyl groups is 3. The van der Waals surface area contributed by atoms with Crippen LogP contribution in [0.1, 0.15) is 12.5 Å². The molecule has 1 rings (SSSR count). The molecule has 0 aromatic heterocycles. The Morgan fingerprint density at radius 3 is 1.82 bits per heavy atom. The fraction of sp³-hybridized carbons (Fsp3) is 0.538. The molecule has 1 aromatic carbocycles. The number of benzene rings is 1. The van der Waals surface area contributed by atoms with Crippen LogP contribution in [-0.2, 0) is 6.54 Å². The first-order valence-corrected chi connectivity index (χ1v) is 5.98. The third kappa shape index (κ3) is 8.83. The van der Waals surface area contributed by atoms with E-state index in [2.05, 4.69) is 12.1 Å². The Morgan fingerprint density at radius 2 is 1.41 bits per heavy atom. The molecule has 0 aliphatic heterocycles. The first kappa shape index (κ1) is 16.1. The molecule has 0 radical (unpaired) electrons. The lowest BCUT2D eigenvalue weighted by atomic mass is 10.2. The molecule has 0 aliphatic carbocycles. The van der Waals surface area contributed by atoms with Gasteiger partial charge in [-0.05, 0) is 6.92 Å². The first-order chi connectivity index (χ1) is 8.28. The number of hydrogen-bond acceptors (Lipinski definition) is 3. The van der Waals surface area contributed by atoms with Gasteiger partial charge in [0.05, 0.1) is 13.2 Å². The molecule has 0 atom stereocenters. The molecule has 17 heavy (non-hydrogen) atoms. The van der Waals surface area contributed by atoms with Crippen LogP contribution in [0.4, 0.5) is 0 Å². The Bertz CT molecular complexity index is 248. The van der Waals surface area contributed by atoms with Crippen molar-refractivity contribution in [3.63, 3.8) is 0 Å². The van der Waals surface area contributed by atoms with Crippen LogP contribution in [0, 0.1) is 0 Å². The minimum absolute atomic E-state index is 0.169. The summed E-state index contributed by atoms with van der Waals surface area (Å²) in [6.45, 7) is 4.51. The maximum absolute atomic E-state index is 8.84. The lowest BCUT2D eigenvalue weighted by molar-refractivity contribution is -0.914. The Morgan fingerprint density at radius 1 is 0.941 bits per heavy atom. The van der Waals surface area contributed by atoms with Gasteiger partial charge in [-0.2, -0.15) is 0 Å².